The minimum atomic E-state index is -0.621. The lowest BCUT2D eigenvalue weighted by atomic mass is 9.91. The predicted octanol–water partition coefficient (Wildman–Crippen LogP) is 3.95. The summed E-state index contributed by atoms with van der Waals surface area (Å²) in [5.74, 6) is 0. The van der Waals surface area contributed by atoms with E-state index in [1.807, 2.05) is 32.0 Å². The maximum atomic E-state index is 9.01. The van der Waals surface area contributed by atoms with Crippen molar-refractivity contribution in [1.29, 1.82) is 0 Å². The maximum absolute atomic E-state index is 9.01. The second-order valence-corrected chi connectivity index (χ2v) is 4.24. The summed E-state index contributed by atoms with van der Waals surface area (Å²) >= 11 is 0. The van der Waals surface area contributed by atoms with Crippen LogP contribution in [0.15, 0.2) is 42.5 Å². The highest BCUT2D eigenvalue weighted by molar-refractivity contribution is 5.83. The van der Waals surface area contributed by atoms with Gasteiger partial charge in [-0.15, -0.1) is 0 Å². The first-order valence-electron chi connectivity index (χ1n) is 5.51. The highest BCUT2D eigenvalue weighted by atomic mass is 17.1. The third-order valence-electron chi connectivity index (χ3n) is 3.24. The standard InChI is InChI=1S/C14H16O2/c1-3-14(2,16-15)13-9-8-11-6-4-5-7-12(11)10-13/h4-10,15H,3H2,1-2H3. The third-order valence-corrected chi connectivity index (χ3v) is 3.24. The van der Waals surface area contributed by atoms with Gasteiger partial charge in [0.25, 0.3) is 0 Å². The normalized spacial score (nSPS) is 14.9. The van der Waals surface area contributed by atoms with Crippen molar-refractivity contribution in [2.24, 2.45) is 0 Å². The Labute approximate surface area is 95.4 Å². The van der Waals surface area contributed by atoms with Crippen LogP contribution in [-0.4, -0.2) is 5.26 Å². The number of benzene rings is 2. The minimum Gasteiger partial charge on any atom is -0.251 e. The van der Waals surface area contributed by atoms with Gasteiger partial charge in [0.05, 0.1) is 0 Å². The highest BCUT2D eigenvalue weighted by Gasteiger charge is 2.25. The Bertz CT molecular complexity index is 487. The number of rotatable bonds is 3. The first-order valence-corrected chi connectivity index (χ1v) is 5.51. The summed E-state index contributed by atoms with van der Waals surface area (Å²) in [4.78, 5) is 4.62. The lowest BCUT2D eigenvalue weighted by molar-refractivity contribution is -0.324. The quantitative estimate of drug-likeness (QED) is 0.621. The Morgan fingerprint density at radius 3 is 2.44 bits per heavy atom. The zero-order valence-electron chi connectivity index (χ0n) is 9.60. The molecule has 0 fully saturated rings. The van der Waals surface area contributed by atoms with Crippen molar-refractivity contribution in [2.45, 2.75) is 25.9 Å². The molecular weight excluding hydrogens is 200 g/mol. The molecule has 1 N–H and O–H groups in total. The van der Waals surface area contributed by atoms with E-state index in [1.54, 1.807) is 0 Å². The van der Waals surface area contributed by atoms with E-state index in [-0.39, 0.29) is 0 Å². The molecule has 0 aliphatic carbocycles. The molecule has 2 aromatic rings. The van der Waals surface area contributed by atoms with Crippen molar-refractivity contribution in [3.8, 4) is 0 Å². The van der Waals surface area contributed by atoms with Crippen molar-refractivity contribution in [3.63, 3.8) is 0 Å². The Morgan fingerprint density at radius 1 is 1.12 bits per heavy atom. The smallest absolute Gasteiger partial charge is 0.125 e. The Kier molecular flexibility index (Phi) is 2.95. The summed E-state index contributed by atoms with van der Waals surface area (Å²) in [7, 11) is 0. The molecule has 0 radical (unpaired) electrons. The minimum absolute atomic E-state index is 0.621. The van der Waals surface area contributed by atoms with Crippen LogP contribution in [-0.2, 0) is 10.5 Å². The van der Waals surface area contributed by atoms with Gasteiger partial charge in [0.2, 0.25) is 0 Å². The molecule has 16 heavy (non-hydrogen) atoms. The van der Waals surface area contributed by atoms with Gasteiger partial charge in [-0.25, -0.2) is 4.89 Å². The van der Waals surface area contributed by atoms with Gasteiger partial charge in [-0.2, -0.15) is 0 Å². The van der Waals surface area contributed by atoms with E-state index in [2.05, 4.69) is 29.2 Å². The predicted molar refractivity (Wildman–Crippen MR) is 65.3 cm³/mol. The molecule has 0 aromatic heterocycles. The summed E-state index contributed by atoms with van der Waals surface area (Å²) < 4.78 is 0. The first kappa shape index (κ1) is 11.1. The molecular formula is C14H16O2. The van der Waals surface area contributed by atoms with Gasteiger partial charge in [0, 0.05) is 0 Å². The molecule has 0 aliphatic heterocycles. The van der Waals surface area contributed by atoms with Crippen molar-refractivity contribution in [1.82, 2.24) is 0 Å². The number of hydrogen-bond donors (Lipinski definition) is 1. The number of hydrogen-bond acceptors (Lipinski definition) is 2. The van der Waals surface area contributed by atoms with Gasteiger partial charge in [-0.05, 0) is 35.7 Å². The molecule has 0 saturated carbocycles. The molecule has 1 unspecified atom stereocenters. The third kappa shape index (κ3) is 1.82. The van der Waals surface area contributed by atoms with Crippen LogP contribution in [0.4, 0.5) is 0 Å². The Morgan fingerprint density at radius 2 is 1.81 bits per heavy atom. The van der Waals surface area contributed by atoms with Gasteiger partial charge in [-0.3, -0.25) is 5.26 Å². The second kappa shape index (κ2) is 4.24. The zero-order valence-corrected chi connectivity index (χ0v) is 9.60. The van der Waals surface area contributed by atoms with Crippen LogP contribution in [0.3, 0.4) is 0 Å². The Balaban J connectivity index is 2.54. The van der Waals surface area contributed by atoms with E-state index in [4.69, 9.17) is 5.26 Å². The van der Waals surface area contributed by atoms with Crippen LogP contribution >= 0.6 is 0 Å². The SMILES string of the molecule is CCC(C)(OO)c1ccc2ccccc2c1. The van der Waals surface area contributed by atoms with Crippen LogP contribution < -0.4 is 0 Å². The lowest BCUT2D eigenvalue weighted by Gasteiger charge is -2.25. The van der Waals surface area contributed by atoms with Crippen molar-refractivity contribution >= 4 is 10.8 Å². The molecule has 0 aliphatic rings. The second-order valence-electron chi connectivity index (χ2n) is 4.24. The molecule has 1 atom stereocenters. The molecule has 2 aromatic carbocycles. The van der Waals surface area contributed by atoms with Gasteiger partial charge in [-0.1, -0.05) is 43.3 Å². The zero-order chi connectivity index (χ0) is 11.6. The van der Waals surface area contributed by atoms with Gasteiger partial charge >= 0.3 is 0 Å². The van der Waals surface area contributed by atoms with Crippen LogP contribution in [0.2, 0.25) is 0 Å². The molecule has 0 amide bonds. The van der Waals surface area contributed by atoms with Gasteiger partial charge in [0.15, 0.2) is 0 Å². The molecule has 0 bridgehead atoms. The summed E-state index contributed by atoms with van der Waals surface area (Å²) in [6.07, 6.45) is 0.724. The molecule has 2 rings (SSSR count). The lowest BCUT2D eigenvalue weighted by Crippen LogP contribution is -2.23. The van der Waals surface area contributed by atoms with E-state index in [1.165, 1.54) is 5.39 Å². The molecule has 0 saturated heterocycles. The van der Waals surface area contributed by atoms with Gasteiger partial charge in [0.1, 0.15) is 5.60 Å². The monoisotopic (exact) mass is 216 g/mol. The fourth-order valence-electron chi connectivity index (χ4n) is 1.84. The molecule has 0 heterocycles. The van der Waals surface area contributed by atoms with E-state index < -0.39 is 5.60 Å². The van der Waals surface area contributed by atoms with E-state index >= 15 is 0 Å². The van der Waals surface area contributed by atoms with Gasteiger partial charge < -0.3 is 0 Å². The van der Waals surface area contributed by atoms with E-state index in [0.29, 0.717) is 0 Å². The van der Waals surface area contributed by atoms with Crippen LogP contribution in [0.25, 0.3) is 10.8 Å². The van der Waals surface area contributed by atoms with Crippen molar-refractivity contribution in [3.05, 3.63) is 48.0 Å². The van der Waals surface area contributed by atoms with Crippen LogP contribution in [0.5, 0.6) is 0 Å². The summed E-state index contributed by atoms with van der Waals surface area (Å²) in [6, 6.07) is 14.3. The van der Waals surface area contributed by atoms with Crippen LogP contribution in [0, 0.1) is 0 Å². The Hall–Kier alpha value is -1.38. The fourth-order valence-corrected chi connectivity index (χ4v) is 1.84. The van der Waals surface area contributed by atoms with E-state index in [0.717, 1.165) is 17.4 Å². The summed E-state index contributed by atoms with van der Waals surface area (Å²) in [5.41, 5.74) is 0.375. The van der Waals surface area contributed by atoms with E-state index in [9.17, 15) is 0 Å². The molecule has 0 spiro atoms. The number of fused-ring (bicyclic) bond motifs is 1. The molecule has 2 heteroatoms. The largest absolute Gasteiger partial charge is 0.251 e. The molecule has 84 valence electrons. The average molecular weight is 216 g/mol. The topological polar surface area (TPSA) is 29.5 Å². The molecule has 2 nitrogen and oxygen atoms in total. The van der Waals surface area contributed by atoms with Crippen LogP contribution in [0.1, 0.15) is 25.8 Å². The summed E-state index contributed by atoms with van der Waals surface area (Å²) in [6.45, 7) is 3.88. The van der Waals surface area contributed by atoms with Crippen molar-refractivity contribution < 1.29 is 10.1 Å². The average Bonchev–Trinajstić information content (AvgIpc) is 2.37. The van der Waals surface area contributed by atoms with Crippen molar-refractivity contribution in [2.75, 3.05) is 0 Å². The first-order chi connectivity index (χ1) is 7.69. The fraction of sp³-hybridized carbons (Fsp3) is 0.286. The highest BCUT2D eigenvalue weighted by Crippen LogP contribution is 2.30. The maximum Gasteiger partial charge on any atom is 0.125 e. The summed E-state index contributed by atoms with van der Waals surface area (Å²) in [5, 5.41) is 11.4.